The summed E-state index contributed by atoms with van der Waals surface area (Å²) in [7, 11) is 1.22. The third-order valence-corrected chi connectivity index (χ3v) is 3.09. The summed E-state index contributed by atoms with van der Waals surface area (Å²) in [6.07, 6.45) is 1.39. The van der Waals surface area contributed by atoms with Gasteiger partial charge in [0.1, 0.15) is 5.75 Å². The molecular weight excluding hydrogens is 270 g/mol. The molecule has 1 N–H and O–H groups in total. The fourth-order valence-electron chi connectivity index (χ4n) is 1.84. The minimum absolute atomic E-state index is 0.339. The number of aliphatic hydroxyl groups is 1. The number of esters is 1. The average molecular weight is 287 g/mol. The summed E-state index contributed by atoms with van der Waals surface area (Å²) in [4.78, 5) is 15.6. The van der Waals surface area contributed by atoms with Crippen molar-refractivity contribution in [2.24, 2.45) is 0 Å². The Labute approximate surface area is 123 Å². The molecule has 1 unspecified atom stereocenters. The summed E-state index contributed by atoms with van der Waals surface area (Å²) in [5.74, 6) is 0.316. The van der Waals surface area contributed by atoms with E-state index in [0.29, 0.717) is 17.2 Å². The molecule has 1 atom stereocenters. The van der Waals surface area contributed by atoms with Crippen LogP contribution >= 0.6 is 0 Å². The third-order valence-electron chi connectivity index (χ3n) is 3.09. The van der Waals surface area contributed by atoms with E-state index in [1.165, 1.54) is 20.2 Å². The highest BCUT2D eigenvalue weighted by Crippen LogP contribution is 2.25. The van der Waals surface area contributed by atoms with Crippen molar-refractivity contribution in [2.45, 2.75) is 19.4 Å². The molecule has 2 aromatic rings. The minimum atomic E-state index is -1.73. The van der Waals surface area contributed by atoms with Gasteiger partial charge in [-0.15, -0.1) is 0 Å². The maximum absolute atomic E-state index is 11.5. The number of benzene rings is 1. The molecule has 1 heterocycles. The van der Waals surface area contributed by atoms with Gasteiger partial charge < -0.3 is 14.6 Å². The summed E-state index contributed by atoms with van der Waals surface area (Å²) in [5, 5.41) is 10.1. The van der Waals surface area contributed by atoms with Crippen LogP contribution < -0.4 is 4.74 Å². The van der Waals surface area contributed by atoms with Crippen molar-refractivity contribution in [1.82, 2.24) is 4.98 Å². The van der Waals surface area contributed by atoms with E-state index in [0.717, 1.165) is 5.56 Å². The molecule has 0 aliphatic heterocycles. The van der Waals surface area contributed by atoms with E-state index in [2.05, 4.69) is 9.72 Å². The lowest BCUT2D eigenvalue weighted by Crippen LogP contribution is -2.33. The van der Waals surface area contributed by atoms with Crippen LogP contribution in [0.3, 0.4) is 0 Å². The van der Waals surface area contributed by atoms with Crippen LogP contribution in [0.2, 0.25) is 0 Å². The first-order valence-electron chi connectivity index (χ1n) is 6.45. The largest absolute Gasteiger partial charge is 0.467 e. The summed E-state index contributed by atoms with van der Waals surface area (Å²) in [5.41, 5.74) is -0.312. The van der Waals surface area contributed by atoms with Gasteiger partial charge in [-0.3, -0.25) is 0 Å². The number of carbonyl (C=O) groups excluding carboxylic acids is 1. The normalized spacial score (nSPS) is 13.3. The summed E-state index contributed by atoms with van der Waals surface area (Å²) in [6, 6.07) is 10.7. The average Bonchev–Trinajstić information content (AvgIpc) is 2.47. The van der Waals surface area contributed by atoms with E-state index in [-0.39, 0.29) is 0 Å². The Morgan fingerprint density at radius 2 is 2.05 bits per heavy atom. The van der Waals surface area contributed by atoms with Gasteiger partial charge in [0.05, 0.1) is 7.11 Å². The van der Waals surface area contributed by atoms with Crippen LogP contribution in [-0.4, -0.2) is 23.2 Å². The van der Waals surface area contributed by atoms with Gasteiger partial charge in [0.2, 0.25) is 5.88 Å². The molecule has 0 saturated carbocycles. The molecule has 0 fully saturated rings. The Kier molecular flexibility index (Phi) is 4.23. The quantitative estimate of drug-likeness (QED) is 0.875. The van der Waals surface area contributed by atoms with Gasteiger partial charge in [-0.2, -0.15) is 0 Å². The summed E-state index contributed by atoms with van der Waals surface area (Å²) < 4.78 is 10.2. The predicted molar refractivity (Wildman–Crippen MR) is 77.1 cm³/mol. The first-order valence-corrected chi connectivity index (χ1v) is 6.45. The number of hydrogen-bond donors (Lipinski definition) is 1. The van der Waals surface area contributed by atoms with Gasteiger partial charge >= 0.3 is 5.97 Å². The lowest BCUT2D eigenvalue weighted by molar-refractivity contribution is -0.161. The van der Waals surface area contributed by atoms with Crippen molar-refractivity contribution < 1.29 is 19.4 Å². The first-order chi connectivity index (χ1) is 9.93. The van der Waals surface area contributed by atoms with E-state index in [1.807, 2.05) is 31.2 Å². The number of aryl methyl sites for hydroxylation is 1. The molecular formula is C16H17NO4. The van der Waals surface area contributed by atoms with Crippen molar-refractivity contribution in [3.05, 3.63) is 53.7 Å². The van der Waals surface area contributed by atoms with Crippen LogP contribution in [0, 0.1) is 6.92 Å². The maximum atomic E-state index is 11.5. The third kappa shape index (κ3) is 3.38. The molecule has 5 heteroatoms. The molecule has 0 amide bonds. The van der Waals surface area contributed by atoms with Crippen molar-refractivity contribution >= 4 is 5.97 Å². The lowest BCUT2D eigenvalue weighted by Gasteiger charge is -2.20. The van der Waals surface area contributed by atoms with E-state index in [4.69, 9.17) is 4.74 Å². The molecule has 0 aliphatic rings. The zero-order chi connectivity index (χ0) is 15.5. The van der Waals surface area contributed by atoms with Crippen molar-refractivity contribution in [3.63, 3.8) is 0 Å². The molecule has 21 heavy (non-hydrogen) atoms. The molecule has 1 aromatic heterocycles. The molecule has 0 aliphatic carbocycles. The molecule has 5 nitrogen and oxygen atoms in total. The zero-order valence-electron chi connectivity index (χ0n) is 12.2. The van der Waals surface area contributed by atoms with E-state index in [9.17, 15) is 9.90 Å². The number of methoxy groups -OCH3 is 1. The van der Waals surface area contributed by atoms with Crippen LogP contribution in [0.25, 0.3) is 0 Å². The topological polar surface area (TPSA) is 68.7 Å². The van der Waals surface area contributed by atoms with E-state index < -0.39 is 11.6 Å². The van der Waals surface area contributed by atoms with Crippen molar-refractivity contribution in [1.29, 1.82) is 0 Å². The number of nitrogens with zero attached hydrogens (tertiary/aromatic N) is 1. The number of pyridine rings is 1. The Balaban J connectivity index is 2.18. The molecule has 0 bridgehead atoms. The Hall–Kier alpha value is -2.40. The predicted octanol–water partition coefficient (Wildman–Crippen LogP) is 2.56. The molecule has 110 valence electrons. The Morgan fingerprint density at radius 1 is 1.29 bits per heavy atom. The standard InChI is InChI=1S/C16H17NO4/c1-11-5-4-6-13(9-11)21-14-8-7-12(10-17-14)16(2,19)15(18)20-3/h4-10,19H,1-3H3. The summed E-state index contributed by atoms with van der Waals surface area (Å²) in [6.45, 7) is 3.33. The number of ether oxygens (including phenoxy) is 2. The number of carbonyl (C=O) groups is 1. The van der Waals surface area contributed by atoms with Crippen LogP contribution in [-0.2, 0) is 15.1 Å². The number of hydrogen-bond acceptors (Lipinski definition) is 5. The van der Waals surface area contributed by atoms with Crippen LogP contribution in [0.15, 0.2) is 42.6 Å². The molecule has 0 saturated heterocycles. The highest BCUT2D eigenvalue weighted by atomic mass is 16.5. The Morgan fingerprint density at radius 3 is 2.62 bits per heavy atom. The fourth-order valence-corrected chi connectivity index (χ4v) is 1.84. The minimum Gasteiger partial charge on any atom is -0.467 e. The number of aromatic nitrogens is 1. The summed E-state index contributed by atoms with van der Waals surface area (Å²) >= 11 is 0. The Bertz CT molecular complexity index is 635. The SMILES string of the molecule is COC(=O)C(C)(O)c1ccc(Oc2cccc(C)c2)nc1. The fraction of sp³-hybridized carbons (Fsp3) is 0.250. The van der Waals surface area contributed by atoms with Crippen molar-refractivity contribution in [3.8, 4) is 11.6 Å². The second-order valence-corrected chi connectivity index (χ2v) is 4.87. The molecule has 0 spiro atoms. The monoisotopic (exact) mass is 287 g/mol. The molecule has 0 radical (unpaired) electrons. The van der Waals surface area contributed by atoms with E-state index >= 15 is 0 Å². The second kappa shape index (κ2) is 5.93. The first kappa shape index (κ1) is 15.0. The maximum Gasteiger partial charge on any atom is 0.342 e. The smallest absolute Gasteiger partial charge is 0.342 e. The molecule has 1 aromatic carbocycles. The highest BCUT2D eigenvalue weighted by Gasteiger charge is 2.33. The number of rotatable bonds is 4. The van der Waals surface area contributed by atoms with Gasteiger partial charge in [-0.1, -0.05) is 12.1 Å². The molecule has 2 rings (SSSR count). The second-order valence-electron chi connectivity index (χ2n) is 4.87. The van der Waals surface area contributed by atoms with Gasteiger partial charge in [0.25, 0.3) is 0 Å². The van der Waals surface area contributed by atoms with Gasteiger partial charge in [0, 0.05) is 17.8 Å². The van der Waals surface area contributed by atoms with Gasteiger partial charge in [-0.05, 0) is 37.6 Å². The van der Waals surface area contributed by atoms with Crippen molar-refractivity contribution in [2.75, 3.05) is 7.11 Å². The van der Waals surface area contributed by atoms with Crippen LogP contribution in [0.1, 0.15) is 18.1 Å². The zero-order valence-corrected chi connectivity index (χ0v) is 12.2. The van der Waals surface area contributed by atoms with E-state index in [1.54, 1.807) is 12.1 Å². The van der Waals surface area contributed by atoms with Gasteiger partial charge in [-0.25, -0.2) is 9.78 Å². The highest BCUT2D eigenvalue weighted by molar-refractivity contribution is 5.80. The van der Waals surface area contributed by atoms with Crippen LogP contribution in [0.4, 0.5) is 0 Å². The lowest BCUT2D eigenvalue weighted by atomic mass is 9.98. The van der Waals surface area contributed by atoms with Gasteiger partial charge in [0.15, 0.2) is 5.60 Å². The van der Waals surface area contributed by atoms with Crippen LogP contribution in [0.5, 0.6) is 11.6 Å².